The predicted octanol–water partition coefficient (Wildman–Crippen LogP) is 0.964. The third kappa shape index (κ3) is 1.28. The molecule has 5 nitrogen and oxygen atoms in total. The lowest BCUT2D eigenvalue weighted by atomic mass is 10.3. The molecule has 0 spiro atoms. The second-order valence-electron chi connectivity index (χ2n) is 2.38. The molecule has 66 valence electrons. The first kappa shape index (κ1) is 8.15. The Hall–Kier alpha value is -1.46. The van der Waals surface area contributed by atoms with Crippen LogP contribution in [0.15, 0.2) is 18.3 Å². The summed E-state index contributed by atoms with van der Waals surface area (Å²) in [6.45, 7) is 0. The molecule has 0 aliphatic heterocycles. The molecule has 0 unspecified atom stereocenters. The summed E-state index contributed by atoms with van der Waals surface area (Å²) in [5.41, 5.74) is 3.01. The largest absolute Gasteiger partial charge is 0.306 e. The van der Waals surface area contributed by atoms with Gasteiger partial charge >= 0.3 is 0 Å². The number of fused-ring (bicyclic) bond motifs is 1. The van der Waals surface area contributed by atoms with Gasteiger partial charge in [0.15, 0.2) is 11.0 Å². The van der Waals surface area contributed by atoms with E-state index in [9.17, 15) is 0 Å². The number of pyridine rings is 1. The number of hydrazine groups is 1. The van der Waals surface area contributed by atoms with Crippen LogP contribution in [0.2, 0.25) is 5.15 Å². The number of halogens is 1. The molecule has 0 fully saturated rings. The van der Waals surface area contributed by atoms with Crippen molar-refractivity contribution in [2.24, 2.45) is 5.84 Å². The van der Waals surface area contributed by atoms with Gasteiger partial charge in [0.1, 0.15) is 5.52 Å². The Morgan fingerprint density at radius 1 is 1.38 bits per heavy atom. The van der Waals surface area contributed by atoms with Crippen molar-refractivity contribution in [3.63, 3.8) is 0 Å². The van der Waals surface area contributed by atoms with Crippen LogP contribution in [-0.2, 0) is 0 Å². The average molecular weight is 196 g/mol. The minimum Gasteiger partial charge on any atom is -0.306 e. The Kier molecular flexibility index (Phi) is 1.96. The Bertz CT molecular complexity index is 444. The number of nitrogens with two attached hydrogens (primary N) is 1. The summed E-state index contributed by atoms with van der Waals surface area (Å²) in [7, 11) is 0. The zero-order valence-electron chi connectivity index (χ0n) is 6.53. The van der Waals surface area contributed by atoms with E-state index >= 15 is 0 Å². The Labute approximate surface area is 78.9 Å². The van der Waals surface area contributed by atoms with E-state index in [0.29, 0.717) is 11.3 Å². The van der Waals surface area contributed by atoms with Crippen molar-refractivity contribution in [1.29, 1.82) is 0 Å². The highest BCUT2D eigenvalue weighted by molar-refractivity contribution is 6.33. The van der Waals surface area contributed by atoms with Gasteiger partial charge in [0.2, 0.25) is 0 Å². The molecule has 2 aromatic rings. The van der Waals surface area contributed by atoms with Crippen LogP contribution in [0.5, 0.6) is 0 Å². The zero-order chi connectivity index (χ0) is 9.26. The van der Waals surface area contributed by atoms with Crippen LogP contribution in [0.1, 0.15) is 0 Å². The van der Waals surface area contributed by atoms with Crippen LogP contribution in [0.4, 0.5) is 5.82 Å². The number of nitrogens with zero attached hydrogens (tertiary/aromatic N) is 3. The molecule has 0 aliphatic rings. The fourth-order valence-corrected chi connectivity index (χ4v) is 1.25. The standard InChI is InChI=1S/C7H6ClN5/c8-6-5-4(2-1-3-10-5)7(11-9)13-12-6/h1-3H,9H2,(H,11,13). The summed E-state index contributed by atoms with van der Waals surface area (Å²) in [4.78, 5) is 4.06. The van der Waals surface area contributed by atoms with Gasteiger partial charge < -0.3 is 5.43 Å². The zero-order valence-corrected chi connectivity index (χ0v) is 7.28. The molecular weight excluding hydrogens is 190 g/mol. The third-order valence-electron chi connectivity index (χ3n) is 1.63. The van der Waals surface area contributed by atoms with E-state index < -0.39 is 0 Å². The molecule has 0 bridgehead atoms. The lowest BCUT2D eigenvalue weighted by Crippen LogP contribution is -2.10. The minimum atomic E-state index is 0.273. The highest BCUT2D eigenvalue weighted by atomic mass is 35.5. The first-order chi connectivity index (χ1) is 6.33. The number of rotatable bonds is 1. The molecule has 2 heterocycles. The van der Waals surface area contributed by atoms with Crippen LogP contribution in [0.3, 0.4) is 0 Å². The van der Waals surface area contributed by atoms with E-state index in [-0.39, 0.29) is 5.15 Å². The summed E-state index contributed by atoms with van der Waals surface area (Å²) in [5, 5.41) is 8.48. The molecule has 2 rings (SSSR count). The maximum atomic E-state index is 5.78. The number of nitrogens with one attached hydrogen (secondary N) is 1. The van der Waals surface area contributed by atoms with E-state index in [1.54, 1.807) is 12.3 Å². The number of hydrogen-bond acceptors (Lipinski definition) is 5. The van der Waals surface area contributed by atoms with Crippen LogP contribution in [-0.4, -0.2) is 15.2 Å². The molecule has 0 atom stereocenters. The van der Waals surface area contributed by atoms with Crippen LogP contribution in [0.25, 0.3) is 10.9 Å². The molecule has 0 saturated heterocycles. The first-order valence-electron chi connectivity index (χ1n) is 3.56. The van der Waals surface area contributed by atoms with E-state index in [2.05, 4.69) is 20.6 Å². The van der Waals surface area contributed by atoms with Crippen molar-refractivity contribution < 1.29 is 0 Å². The lowest BCUT2D eigenvalue weighted by molar-refractivity contribution is 1.03. The molecule has 3 N–H and O–H groups in total. The molecule has 0 saturated carbocycles. The third-order valence-corrected chi connectivity index (χ3v) is 1.89. The fraction of sp³-hybridized carbons (Fsp3) is 0. The molecule has 0 radical (unpaired) electrons. The number of hydrogen-bond donors (Lipinski definition) is 2. The number of aromatic nitrogens is 3. The van der Waals surface area contributed by atoms with Gasteiger partial charge in [-0.1, -0.05) is 11.6 Å². The van der Waals surface area contributed by atoms with Crippen molar-refractivity contribution in [3.8, 4) is 0 Å². The normalized spacial score (nSPS) is 10.3. The van der Waals surface area contributed by atoms with E-state index in [1.165, 1.54) is 0 Å². The SMILES string of the molecule is NNc1nnc(Cl)c2ncccc12. The second-order valence-corrected chi connectivity index (χ2v) is 2.74. The van der Waals surface area contributed by atoms with Gasteiger partial charge in [0.05, 0.1) is 0 Å². The number of anilines is 1. The molecule has 0 aromatic carbocycles. The summed E-state index contributed by atoms with van der Waals surface area (Å²) >= 11 is 5.78. The fourth-order valence-electron chi connectivity index (χ4n) is 1.06. The van der Waals surface area contributed by atoms with E-state index in [4.69, 9.17) is 17.4 Å². The van der Waals surface area contributed by atoms with E-state index in [0.717, 1.165) is 5.39 Å². The maximum absolute atomic E-state index is 5.78. The summed E-state index contributed by atoms with van der Waals surface area (Å²) < 4.78 is 0. The van der Waals surface area contributed by atoms with E-state index in [1.807, 2.05) is 6.07 Å². The predicted molar refractivity (Wildman–Crippen MR) is 50.2 cm³/mol. The summed E-state index contributed by atoms with van der Waals surface area (Å²) in [6.07, 6.45) is 1.64. The Balaban J connectivity index is 2.84. The molecular formula is C7H6ClN5. The van der Waals surface area contributed by atoms with Gasteiger partial charge in [0, 0.05) is 11.6 Å². The molecule has 2 aromatic heterocycles. The minimum absolute atomic E-state index is 0.273. The van der Waals surface area contributed by atoms with Crippen molar-refractivity contribution in [1.82, 2.24) is 15.2 Å². The topological polar surface area (TPSA) is 76.7 Å². The van der Waals surface area contributed by atoms with Gasteiger partial charge in [0.25, 0.3) is 0 Å². The highest BCUT2D eigenvalue weighted by Crippen LogP contribution is 2.22. The molecule has 6 heteroatoms. The average Bonchev–Trinajstić information content (AvgIpc) is 2.19. The van der Waals surface area contributed by atoms with Crippen molar-refractivity contribution in [3.05, 3.63) is 23.5 Å². The molecule has 13 heavy (non-hydrogen) atoms. The monoisotopic (exact) mass is 195 g/mol. The van der Waals surface area contributed by atoms with Crippen molar-refractivity contribution in [2.45, 2.75) is 0 Å². The maximum Gasteiger partial charge on any atom is 0.178 e. The lowest BCUT2D eigenvalue weighted by Gasteiger charge is -2.02. The van der Waals surface area contributed by atoms with Gasteiger partial charge in [-0.25, -0.2) is 5.84 Å². The van der Waals surface area contributed by atoms with Gasteiger partial charge in [-0.05, 0) is 12.1 Å². The van der Waals surface area contributed by atoms with Crippen LogP contribution >= 0.6 is 11.6 Å². The smallest absolute Gasteiger partial charge is 0.178 e. The van der Waals surface area contributed by atoms with Crippen molar-refractivity contribution >= 4 is 28.3 Å². The quantitative estimate of drug-likeness (QED) is 0.524. The Morgan fingerprint density at radius 3 is 3.00 bits per heavy atom. The second kappa shape index (κ2) is 3.12. The molecule has 0 aliphatic carbocycles. The van der Waals surface area contributed by atoms with Crippen molar-refractivity contribution in [2.75, 3.05) is 5.43 Å². The number of nitrogen functional groups attached to an aromatic ring is 1. The molecule has 0 amide bonds. The Morgan fingerprint density at radius 2 is 2.23 bits per heavy atom. The summed E-state index contributed by atoms with van der Waals surface area (Å²) in [6, 6.07) is 3.60. The van der Waals surface area contributed by atoms with Gasteiger partial charge in [-0.15, -0.1) is 10.2 Å². The van der Waals surface area contributed by atoms with Crippen LogP contribution < -0.4 is 11.3 Å². The van der Waals surface area contributed by atoms with Crippen LogP contribution in [0, 0.1) is 0 Å². The summed E-state index contributed by atoms with van der Waals surface area (Å²) in [5.74, 6) is 5.71. The highest BCUT2D eigenvalue weighted by Gasteiger charge is 2.06. The first-order valence-corrected chi connectivity index (χ1v) is 3.94. The van der Waals surface area contributed by atoms with Gasteiger partial charge in [-0.3, -0.25) is 4.98 Å². The van der Waals surface area contributed by atoms with Gasteiger partial charge in [-0.2, -0.15) is 0 Å².